The van der Waals surface area contributed by atoms with Crippen molar-refractivity contribution in [2.24, 2.45) is 5.73 Å². The number of nitrogens with two attached hydrogens (primary N) is 1. The van der Waals surface area contributed by atoms with E-state index in [1.54, 1.807) is 0 Å². The number of hydrogen-bond acceptors (Lipinski definition) is 6. The van der Waals surface area contributed by atoms with Crippen LogP contribution in [0.2, 0.25) is 0 Å². The van der Waals surface area contributed by atoms with Gasteiger partial charge in [0.1, 0.15) is 5.82 Å². The Morgan fingerprint density at radius 3 is 2.89 bits per heavy atom. The van der Waals surface area contributed by atoms with Crippen molar-refractivity contribution in [1.29, 1.82) is 0 Å². The molecule has 0 fully saturated rings. The third kappa shape index (κ3) is 2.58. The minimum absolute atomic E-state index is 0.00709. The number of nitrogens with zero attached hydrogens (tertiary/aromatic N) is 3. The lowest BCUT2D eigenvalue weighted by Gasteiger charge is -1.99. The Morgan fingerprint density at radius 2 is 2.32 bits per heavy atom. The highest BCUT2D eigenvalue weighted by Crippen LogP contribution is 2.25. The minimum Gasteiger partial charge on any atom is -0.334 e. The zero-order valence-corrected chi connectivity index (χ0v) is 10.0. The molecule has 8 heteroatoms. The Morgan fingerprint density at radius 1 is 1.58 bits per heavy atom. The lowest BCUT2D eigenvalue weighted by Crippen LogP contribution is -2.10. The summed E-state index contributed by atoms with van der Waals surface area (Å²) in [5, 5.41) is 14.2. The second-order valence-electron chi connectivity index (χ2n) is 3.89. The van der Waals surface area contributed by atoms with E-state index in [-0.39, 0.29) is 23.0 Å². The first-order chi connectivity index (χ1) is 9.02. The van der Waals surface area contributed by atoms with Crippen LogP contribution in [0.4, 0.5) is 10.1 Å². The van der Waals surface area contributed by atoms with Crippen molar-refractivity contribution in [2.45, 2.75) is 19.4 Å². The highest BCUT2D eigenvalue weighted by atomic mass is 19.1. The maximum atomic E-state index is 13.7. The summed E-state index contributed by atoms with van der Waals surface area (Å²) in [5.41, 5.74) is 5.39. The maximum Gasteiger partial charge on any atom is 0.272 e. The van der Waals surface area contributed by atoms with E-state index in [0.29, 0.717) is 6.42 Å². The van der Waals surface area contributed by atoms with Crippen LogP contribution in [0.25, 0.3) is 11.5 Å². The van der Waals surface area contributed by atoms with Crippen molar-refractivity contribution in [3.63, 3.8) is 0 Å². The summed E-state index contributed by atoms with van der Waals surface area (Å²) in [6, 6.07) is 2.81. The number of non-ortho nitro benzene ring substituents is 1. The van der Waals surface area contributed by atoms with Crippen molar-refractivity contribution < 1.29 is 13.8 Å². The van der Waals surface area contributed by atoms with E-state index in [0.717, 1.165) is 6.07 Å². The molecule has 1 unspecified atom stereocenters. The Bertz CT molecular complexity index is 614. The van der Waals surface area contributed by atoms with Crippen molar-refractivity contribution in [2.75, 3.05) is 0 Å². The van der Waals surface area contributed by atoms with Crippen LogP contribution in [0.15, 0.2) is 22.7 Å². The Labute approximate surface area is 107 Å². The SMILES string of the molecule is CCC(N)c1noc(-c2ccc([N+](=O)[O-])cc2F)n1. The van der Waals surface area contributed by atoms with E-state index in [2.05, 4.69) is 10.1 Å². The number of rotatable bonds is 4. The Kier molecular flexibility index (Phi) is 3.52. The molecular formula is C11H11FN4O3. The minimum atomic E-state index is -0.797. The standard InChI is InChI=1S/C11H11FN4O3/c1-2-9(13)10-14-11(19-15-10)7-4-3-6(16(17)18)5-8(7)12/h3-5,9H,2,13H2,1H3. The molecule has 0 saturated carbocycles. The lowest BCUT2D eigenvalue weighted by molar-refractivity contribution is -0.385. The molecule has 0 bridgehead atoms. The fourth-order valence-corrected chi connectivity index (χ4v) is 1.47. The van der Waals surface area contributed by atoms with Gasteiger partial charge in [-0.15, -0.1) is 0 Å². The number of hydrogen-bond donors (Lipinski definition) is 1. The third-order valence-electron chi connectivity index (χ3n) is 2.61. The average Bonchev–Trinajstić information content (AvgIpc) is 2.87. The van der Waals surface area contributed by atoms with Gasteiger partial charge in [-0.05, 0) is 12.5 Å². The summed E-state index contributed by atoms with van der Waals surface area (Å²) in [7, 11) is 0. The van der Waals surface area contributed by atoms with Gasteiger partial charge in [0.15, 0.2) is 5.82 Å². The fraction of sp³-hybridized carbons (Fsp3) is 0.273. The van der Waals surface area contributed by atoms with Gasteiger partial charge in [0, 0.05) is 6.07 Å². The van der Waals surface area contributed by atoms with E-state index >= 15 is 0 Å². The predicted molar refractivity (Wildman–Crippen MR) is 63.6 cm³/mol. The molecule has 100 valence electrons. The molecule has 0 aliphatic heterocycles. The highest BCUT2D eigenvalue weighted by molar-refractivity contribution is 5.56. The molecule has 2 aromatic rings. The summed E-state index contributed by atoms with van der Waals surface area (Å²) < 4.78 is 18.6. The molecule has 0 aliphatic carbocycles. The van der Waals surface area contributed by atoms with Crippen LogP contribution in [0.5, 0.6) is 0 Å². The van der Waals surface area contributed by atoms with Crippen molar-refractivity contribution in [3.05, 3.63) is 40.0 Å². The zero-order chi connectivity index (χ0) is 14.0. The van der Waals surface area contributed by atoms with Crippen LogP contribution in [-0.4, -0.2) is 15.1 Å². The van der Waals surface area contributed by atoms with Gasteiger partial charge < -0.3 is 10.3 Å². The molecule has 1 atom stereocenters. The molecule has 0 radical (unpaired) electrons. The van der Waals surface area contributed by atoms with E-state index in [4.69, 9.17) is 10.3 Å². The number of aromatic nitrogens is 2. The highest BCUT2D eigenvalue weighted by Gasteiger charge is 2.18. The van der Waals surface area contributed by atoms with Gasteiger partial charge in [-0.1, -0.05) is 12.1 Å². The molecule has 2 N–H and O–H groups in total. The van der Waals surface area contributed by atoms with Crippen LogP contribution in [0.1, 0.15) is 25.2 Å². The second-order valence-corrected chi connectivity index (χ2v) is 3.89. The predicted octanol–water partition coefficient (Wildman–Crippen LogP) is 2.19. The first-order valence-corrected chi connectivity index (χ1v) is 5.56. The Balaban J connectivity index is 2.37. The van der Waals surface area contributed by atoms with Crippen molar-refractivity contribution >= 4 is 5.69 Å². The van der Waals surface area contributed by atoms with E-state index < -0.39 is 16.8 Å². The summed E-state index contributed by atoms with van der Waals surface area (Å²) in [4.78, 5) is 13.8. The lowest BCUT2D eigenvalue weighted by atomic mass is 10.2. The van der Waals surface area contributed by atoms with E-state index in [9.17, 15) is 14.5 Å². The largest absolute Gasteiger partial charge is 0.334 e. The molecule has 0 amide bonds. The van der Waals surface area contributed by atoms with Gasteiger partial charge in [-0.3, -0.25) is 10.1 Å². The quantitative estimate of drug-likeness (QED) is 0.671. The molecule has 19 heavy (non-hydrogen) atoms. The van der Waals surface area contributed by atoms with Crippen LogP contribution in [0, 0.1) is 15.9 Å². The van der Waals surface area contributed by atoms with Gasteiger partial charge >= 0.3 is 0 Å². The summed E-state index contributed by atoms with van der Waals surface area (Å²) in [6.45, 7) is 1.85. The summed E-state index contributed by atoms with van der Waals surface area (Å²) >= 11 is 0. The van der Waals surface area contributed by atoms with Crippen LogP contribution >= 0.6 is 0 Å². The summed E-state index contributed by atoms with van der Waals surface area (Å²) in [6.07, 6.45) is 0.613. The molecule has 2 rings (SSSR count). The molecule has 1 aromatic heterocycles. The molecule has 1 aromatic carbocycles. The second kappa shape index (κ2) is 5.11. The summed E-state index contributed by atoms with van der Waals surface area (Å²) in [5.74, 6) is -0.573. The van der Waals surface area contributed by atoms with Gasteiger partial charge in [0.25, 0.3) is 11.6 Å². The van der Waals surface area contributed by atoms with Gasteiger partial charge in [0.2, 0.25) is 0 Å². The third-order valence-corrected chi connectivity index (χ3v) is 2.61. The van der Waals surface area contributed by atoms with Gasteiger partial charge in [-0.2, -0.15) is 4.98 Å². The fourth-order valence-electron chi connectivity index (χ4n) is 1.47. The number of halogens is 1. The molecule has 0 spiro atoms. The normalized spacial score (nSPS) is 12.4. The Hall–Kier alpha value is -2.35. The van der Waals surface area contributed by atoms with Crippen molar-refractivity contribution in [1.82, 2.24) is 10.1 Å². The molecule has 0 saturated heterocycles. The topological polar surface area (TPSA) is 108 Å². The van der Waals surface area contributed by atoms with E-state index in [1.807, 2.05) is 6.92 Å². The van der Waals surface area contributed by atoms with E-state index in [1.165, 1.54) is 12.1 Å². The number of benzene rings is 1. The van der Waals surface area contributed by atoms with Gasteiger partial charge in [-0.25, -0.2) is 4.39 Å². The van der Waals surface area contributed by atoms with Crippen LogP contribution in [-0.2, 0) is 0 Å². The molecular weight excluding hydrogens is 255 g/mol. The first kappa shape index (κ1) is 13.1. The van der Waals surface area contributed by atoms with Crippen molar-refractivity contribution in [3.8, 4) is 11.5 Å². The smallest absolute Gasteiger partial charge is 0.272 e. The van der Waals surface area contributed by atoms with Gasteiger partial charge in [0.05, 0.1) is 22.6 Å². The monoisotopic (exact) mass is 266 g/mol. The average molecular weight is 266 g/mol. The molecule has 0 aliphatic rings. The van der Waals surface area contributed by atoms with Crippen LogP contribution < -0.4 is 5.73 Å². The molecule has 7 nitrogen and oxygen atoms in total. The maximum absolute atomic E-state index is 13.7. The number of nitro groups is 1. The first-order valence-electron chi connectivity index (χ1n) is 5.56. The van der Waals surface area contributed by atoms with Crippen LogP contribution in [0.3, 0.4) is 0 Å². The number of nitro benzene ring substituents is 1. The zero-order valence-electron chi connectivity index (χ0n) is 10.0. The molecule has 1 heterocycles.